The summed E-state index contributed by atoms with van der Waals surface area (Å²) in [4.78, 5) is 0. The minimum atomic E-state index is 0.742. The number of hydrogen-bond donors (Lipinski definition) is 0. The van der Waals surface area contributed by atoms with Gasteiger partial charge in [-0.2, -0.15) is 5.26 Å². The van der Waals surface area contributed by atoms with Gasteiger partial charge in [0.05, 0.1) is 33.3 Å². The van der Waals surface area contributed by atoms with E-state index < -0.39 is 0 Å². The van der Waals surface area contributed by atoms with Crippen LogP contribution in [0.5, 0.6) is 0 Å². The van der Waals surface area contributed by atoms with Crippen LogP contribution in [0, 0.1) is 18.3 Å². The van der Waals surface area contributed by atoms with Crippen LogP contribution < -0.4 is 0 Å². The van der Waals surface area contributed by atoms with Crippen molar-refractivity contribution in [1.82, 2.24) is 3.59 Å². The number of aryl methyl sites for hydroxylation is 1. The lowest BCUT2D eigenvalue weighted by molar-refractivity contribution is 1.36. The highest BCUT2D eigenvalue weighted by atomic mass is 79.9. The molecule has 0 aliphatic rings. The summed E-state index contributed by atoms with van der Waals surface area (Å²) in [6, 6.07) is 8.06. The van der Waals surface area contributed by atoms with Crippen molar-refractivity contribution in [3.63, 3.8) is 0 Å². The SMILES string of the molecule is Cc1cc2c(ccn2Br)cc1C#N. The first-order valence-electron chi connectivity index (χ1n) is 3.90. The Morgan fingerprint density at radius 1 is 1.46 bits per heavy atom. The molecule has 0 aliphatic carbocycles. The molecule has 0 bridgehead atoms. The molecular weight excluding hydrogens is 228 g/mol. The van der Waals surface area contributed by atoms with Crippen LogP contribution in [0.15, 0.2) is 24.4 Å². The maximum Gasteiger partial charge on any atom is 0.0994 e. The lowest BCUT2D eigenvalue weighted by atomic mass is 10.1. The van der Waals surface area contributed by atoms with Gasteiger partial charge >= 0.3 is 0 Å². The molecule has 13 heavy (non-hydrogen) atoms. The van der Waals surface area contributed by atoms with Gasteiger partial charge in [-0.1, -0.05) is 0 Å². The van der Waals surface area contributed by atoms with Crippen molar-refractivity contribution in [2.75, 3.05) is 0 Å². The fraction of sp³-hybridized carbons (Fsp3) is 0.100. The Balaban J connectivity index is 2.85. The van der Waals surface area contributed by atoms with E-state index in [-0.39, 0.29) is 0 Å². The molecule has 1 aromatic heterocycles. The first-order chi connectivity index (χ1) is 6.22. The lowest BCUT2D eigenvalue weighted by Crippen LogP contribution is -1.83. The minimum absolute atomic E-state index is 0.742. The maximum atomic E-state index is 8.82. The summed E-state index contributed by atoms with van der Waals surface area (Å²) in [6.45, 7) is 1.94. The van der Waals surface area contributed by atoms with E-state index in [1.54, 1.807) is 0 Å². The molecule has 64 valence electrons. The predicted octanol–water partition coefficient (Wildman–Crippen LogP) is 2.98. The number of fused-ring (bicyclic) bond motifs is 1. The monoisotopic (exact) mass is 234 g/mol. The fourth-order valence-corrected chi connectivity index (χ4v) is 1.80. The Morgan fingerprint density at radius 3 is 2.92 bits per heavy atom. The zero-order valence-electron chi connectivity index (χ0n) is 7.08. The number of nitriles is 1. The fourth-order valence-electron chi connectivity index (χ4n) is 1.37. The Kier molecular flexibility index (Phi) is 1.86. The number of halogens is 1. The molecule has 0 spiro atoms. The minimum Gasteiger partial charge on any atom is -0.284 e. The van der Waals surface area contributed by atoms with Crippen LogP contribution in [0.1, 0.15) is 11.1 Å². The molecule has 2 rings (SSSR count). The van der Waals surface area contributed by atoms with E-state index in [9.17, 15) is 0 Å². The number of benzene rings is 1. The van der Waals surface area contributed by atoms with E-state index in [0.717, 1.165) is 22.0 Å². The second kappa shape index (κ2) is 2.90. The molecular formula is C10H7BrN2. The van der Waals surface area contributed by atoms with Crippen LogP contribution in [0.4, 0.5) is 0 Å². The van der Waals surface area contributed by atoms with Crippen molar-refractivity contribution in [3.05, 3.63) is 35.5 Å². The molecule has 0 aliphatic heterocycles. The highest BCUT2D eigenvalue weighted by Crippen LogP contribution is 2.21. The molecule has 0 radical (unpaired) electrons. The Bertz CT molecular complexity index is 505. The van der Waals surface area contributed by atoms with Gasteiger partial charge < -0.3 is 0 Å². The van der Waals surface area contributed by atoms with Crippen LogP contribution in [0.25, 0.3) is 10.9 Å². The summed E-state index contributed by atoms with van der Waals surface area (Å²) >= 11 is 3.38. The first kappa shape index (κ1) is 8.33. The lowest BCUT2D eigenvalue weighted by Gasteiger charge is -1.98. The molecule has 0 unspecified atom stereocenters. The summed E-state index contributed by atoms with van der Waals surface area (Å²) in [7, 11) is 0. The normalized spacial score (nSPS) is 10.2. The average Bonchev–Trinajstić information content (AvgIpc) is 2.47. The molecule has 0 saturated carbocycles. The first-order valence-corrected chi connectivity index (χ1v) is 4.61. The van der Waals surface area contributed by atoms with E-state index in [1.165, 1.54) is 0 Å². The highest BCUT2D eigenvalue weighted by Gasteiger charge is 2.03. The summed E-state index contributed by atoms with van der Waals surface area (Å²) in [6.07, 6.45) is 1.92. The third kappa shape index (κ3) is 1.24. The molecule has 1 aromatic carbocycles. The number of aromatic nitrogens is 1. The third-order valence-corrected chi connectivity index (χ3v) is 2.73. The van der Waals surface area contributed by atoms with Crippen LogP contribution in [0.3, 0.4) is 0 Å². The van der Waals surface area contributed by atoms with Crippen LogP contribution in [0.2, 0.25) is 0 Å². The Morgan fingerprint density at radius 2 is 2.23 bits per heavy atom. The number of nitrogens with zero attached hydrogens (tertiary/aromatic N) is 2. The zero-order valence-corrected chi connectivity index (χ0v) is 8.67. The van der Waals surface area contributed by atoms with Crippen LogP contribution in [-0.4, -0.2) is 3.59 Å². The zero-order chi connectivity index (χ0) is 9.42. The third-order valence-electron chi connectivity index (χ3n) is 2.11. The molecule has 3 heteroatoms. The van der Waals surface area contributed by atoms with Crippen molar-refractivity contribution in [1.29, 1.82) is 5.26 Å². The summed E-state index contributed by atoms with van der Waals surface area (Å²) in [5.41, 5.74) is 2.84. The van der Waals surface area contributed by atoms with Gasteiger partial charge in [-0.05, 0) is 30.7 Å². The van der Waals surface area contributed by atoms with Crippen molar-refractivity contribution >= 4 is 27.1 Å². The molecule has 0 fully saturated rings. The quantitative estimate of drug-likeness (QED) is 0.689. The van der Waals surface area contributed by atoms with E-state index in [2.05, 4.69) is 22.2 Å². The topological polar surface area (TPSA) is 28.7 Å². The average molecular weight is 235 g/mol. The van der Waals surface area contributed by atoms with Gasteiger partial charge in [0, 0.05) is 11.6 Å². The van der Waals surface area contributed by atoms with Crippen molar-refractivity contribution < 1.29 is 0 Å². The second-order valence-electron chi connectivity index (χ2n) is 2.96. The summed E-state index contributed by atoms with van der Waals surface area (Å²) in [5, 5.41) is 9.90. The van der Waals surface area contributed by atoms with E-state index >= 15 is 0 Å². The molecule has 0 amide bonds. The van der Waals surface area contributed by atoms with Gasteiger partial charge in [0.15, 0.2) is 0 Å². The molecule has 0 N–H and O–H groups in total. The van der Waals surface area contributed by atoms with Gasteiger partial charge in [0.25, 0.3) is 0 Å². The van der Waals surface area contributed by atoms with Crippen molar-refractivity contribution in [2.45, 2.75) is 6.92 Å². The van der Waals surface area contributed by atoms with Gasteiger partial charge in [-0.3, -0.25) is 3.59 Å². The van der Waals surface area contributed by atoms with E-state index in [1.807, 2.05) is 34.9 Å². The second-order valence-corrected chi connectivity index (χ2v) is 3.73. The molecule has 0 atom stereocenters. The molecule has 2 aromatic rings. The van der Waals surface area contributed by atoms with Crippen LogP contribution in [-0.2, 0) is 0 Å². The van der Waals surface area contributed by atoms with E-state index in [4.69, 9.17) is 5.26 Å². The van der Waals surface area contributed by atoms with Gasteiger partial charge in [-0.25, -0.2) is 0 Å². The summed E-state index contributed by atoms with van der Waals surface area (Å²) in [5.74, 6) is 0. The summed E-state index contributed by atoms with van der Waals surface area (Å²) < 4.78 is 1.87. The Labute approximate surface area is 84.7 Å². The number of rotatable bonds is 0. The molecule has 1 heterocycles. The van der Waals surface area contributed by atoms with Gasteiger partial charge in [0.2, 0.25) is 0 Å². The van der Waals surface area contributed by atoms with Crippen LogP contribution >= 0.6 is 16.1 Å². The predicted molar refractivity (Wildman–Crippen MR) is 55.7 cm³/mol. The van der Waals surface area contributed by atoms with Crippen molar-refractivity contribution in [2.24, 2.45) is 0 Å². The maximum absolute atomic E-state index is 8.82. The van der Waals surface area contributed by atoms with Crippen molar-refractivity contribution in [3.8, 4) is 6.07 Å². The Hall–Kier alpha value is -1.27. The molecule has 0 saturated heterocycles. The smallest absolute Gasteiger partial charge is 0.0994 e. The van der Waals surface area contributed by atoms with Gasteiger partial charge in [-0.15, -0.1) is 0 Å². The number of hydrogen-bond acceptors (Lipinski definition) is 1. The van der Waals surface area contributed by atoms with Gasteiger partial charge in [0.1, 0.15) is 0 Å². The van der Waals surface area contributed by atoms with E-state index in [0.29, 0.717) is 0 Å². The molecule has 2 nitrogen and oxygen atoms in total. The highest BCUT2D eigenvalue weighted by molar-refractivity contribution is 9.08. The standard InChI is InChI=1S/C10H7BrN2/c1-7-4-10-8(2-3-13(10)11)5-9(7)6-12/h2-5H,1H3. The largest absolute Gasteiger partial charge is 0.284 e.